The minimum atomic E-state index is -0.533. The van der Waals surface area contributed by atoms with Crippen LogP contribution in [0.15, 0.2) is 60.7 Å². The van der Waals surface area contributed by atoms with Crippen LogP contribution in [0.5, 0.6) is 17.2 Å². The van der Waals surface area contributed by atoms with E-state index in [1.54, 1.807) is 18.1 Å². The van der Waals surface area contributed by atoms with E-state index < -0.39 is 11.0 Å². The molecule has 0 saturated heterocycles. The number of benzene rings is 3. The molecule has 0 fully saturated rings. The first-order valence-corrected chi connectivity index (χ1v) is 10.6. The Morgan fingerprint density at radius 1 is 1.09 bits per heavy atom. The van der Waals surface area contributed by atoms with Gasteiger partial charge in [-0.15, -0.1) is 0 Å². The second-order valence-electron chi connectivity index (χ2n) is 7.74. The lowest BCUT2D eigenvalue weighted by molar-refractivity contribution is -0.384. The van der Waals surface area contributed by atoms with E-state index in [-0.39, 0.29) is 29.6 Å². The molecule has 3 aromatic carbocycles. The number of amides is 1. The summed E-state index contributed by atoms with van der Waals surface area (Å²) in [6, 6.07) is 14.5. The van der Waals surface area contributed by atoms with E-state index in [0.717, 1.165) is 11.1 Å². The van der Waals surface area contributed by atoms with Crippen LogP contribution in [0.3, 0.4) is 0 Å². The van der Waals surface area contributed by atoms with Crippen molar-refractivity contribution in [3.05, 3.63) is 93.3 Å². The number of ether oxygens (including phenoxy) is 3. The molecule has 1 amide bonds. The summed E-state index contributed by atoms with van der Waals surface area (Å²) >= 11 is 0. The van der Waals surface area contributed by atoms with Gasteiger partial charge in [0, 0.05) is 24.2 Å². The third kappa shape index (κ3) is 4.63. The van der Waals surface area contributed by atoms with E-state index in [1.807, 2.05) is 12.1 Å². The highest BCUT2D eigenvalue weighted by molar-refractivity contribution is 5.95. The Morgan fingerprint density at radius 2 is 1.79 bits per heavy atom. The smallest absolute Gasteiger partial charge is 0.270 e. The van der Waals surface area contributed by atoms with Gasteiger partial charge in [0.05, 0.1) is 25.2 Å². The van der Waals surface area contributed by atoms with Gasteiger partial charge in [-0.05, 0) is 60.0 Å². The van der Waals surface area contributed by atoms with Gasteiger partial charge in [-0.1, -0.05) is 6.07 Å². The van der Waals surface area contributed by atoms with Crippen molar-refractivity contribution in [2.24, 2.45) is 0 Å². The van der Waals surface area contributed by atoms with Crippen LogP contribution in [0.1, 0.15) is 27.5 Å². The van der Waals surface area contributed by atoms with Gasteiger partial charge < -0.3 is 19.1 Å². The van der Waals surface area contributed by atoms with E-state index in [2.05, 4.69) is 0 Å². The first-order chi connectivity index (χ1) is 16.4. The molecule has 1 unspecified atom stereocenters. The third-order valence-electron chi connectivity index (χ3n) is 5.79. The van der Waals surface area contributed by atoms with E-state index in [0.29, 0.717) is 30.2 Å². The maximum atomic E-state index is 13.5. The lowest BCUT2D eigenvalue weighted by Gasteiger charge is -2.37. The second-order valence-corrected chi connectivity index (χ2v) is 7.74. The minimum Gasteiger partial charge on any atom is -0.493 e. The number of hydrogen-bond donors (Lipinski definition) is 0. The highest BCUT2D eigenvalue weighted by Crippen LogP contribution is 2.39. The molecule has 176 valence electrons. The van der Waals surface area contributed by atoms with Crippen LogP contribution in [-0.4, -0.2) is 43.1 Å². The molecular weight excluding hydrogens is 443 g/mol. The normalized spacial score (nSPS) is 14.8. The average molecular weight is 466 g/mol. The molecule has 1 atom stereocenters. The molecule has 0 N–H and O–H groups in total. The van der Waals surface area contributed by atoms with Crippen LogP contribution in [0.25, 0.3) is 0 Å². The fraction of sp³-hybridized carbons (Fsp3) is 0.240. The summed E-state index contributed by atoms with van der Waals surface area (Å²) in [6.45, 7) is 0.468. The predicted octanol–water partition coefficient (Wildman–Crippen LogP) is 4.57. The van der Waals surface area contributed by atoms with Gasteiger partial charge in [-0.2, -0.15) is 0 Å². The Labute approximate surface area is 195 Å². The fourth-order valence-corrected chi connectivity index (χ4v) is 4.08. The quantitative estimate of drug-likeness (QED) is 0.374. The predicted molar refractivity (Wildman–Crippen MR) is 122 cm³/mol. The number of nitro benzene ring substituents is 1. The Balaban J connectivity index is 1.71. The fourth-order valence-electron chi connectivity index (χ4n) is 4.08. The Bertz CT molecular complexity index is 1210. The number of carbonyl (C=O) groups excluding carboxylic acids is 1. The number of non-ortho nitro benzene ring substituents is 1. The highest BCUT2D eigenvalue weighted by Gasteiger charge is 2.33. The number of nitrogens with zero attached hydrogens (tertiary/aromatic N) is 2. The minimum absolute atomic E-state index is 0.0920. The molecule has 0 saturated carbocycles. The van der Waals surface area contributed by atoms with Crippen LogP contribution >= 0.6 is 0 Å². The summed E-state index contributed by atoms with van der Waals surface area (Å²) in [4.78, 5) is 25.8. The molecule has 8 nitrogen and oxygen atoms in total. The maximum Gasteiger partial charge on any atom is 0.270 e. The molecule has 4 rings (SSSR count). The van der Waals surface area contributed by atoms with Gasteiger partial charge in [0.1, 0.15) is 18.2 Å². The maximum absolute atomic E-state index is 13.5. The molecule has 1 heterocycles. The van der Waals surface area contributed by atoms with Crippen molar-refractivity contribution in [1.82, 2.24) is 4.90 Å². The third-order valence-corrected chi connectivity index (χ3v) is 5.79. The first-order valence-electron chi connectivity index (χ1n) is 10.6. The SMILES string of the molecule is COc1cc2c(cc1OC)C(COc1ccc(F)cc1)N(C(=O)c1cccc([N+](=O)[O-])c1)CC2. The average Bonchev–Trinajstić information content (AvgIpc) is 2.86. The lowest BCUT2D eigenvalue weighted by atomic mass is 9.91. The molecule has 0 aliphatic carbocycles. The molecular formula is C25H23FN2O6. The van der Waals surface area contributed by atoms with Crippen LogP contribution in [0, 0.1) is 15.9 Å². The molecule has 34 heavy (non-hydrogen) atoms. The monoisotopic (exact) mass is 466 g/mol. The summed E-state index contributed by atoms with van der Waals surface area (Å²) in [5.74, 6) is 0.818. The van der Waals surface area contributed by atoms with Crippen molar-refractivity contribution in [3.8, 4) is 17.2 Å². The number of nitro groups is 1. The van der Waals surface area contributed by atoms with E-state index in [9.17, 15) is 19.3 Å². The van der Waals surface area contributed by atoms with E-state index in [1.165, 1.54) is 49.6 Å². The molecule has 9 heteroatoms. The number of carbonyl (C=O) groups is 1. The van der Waals surface area contributed by atoms with Crippen molar-refractivity contribution >= 4 is 11.6 Å². The first kappa shape index (κ1) is 23.0. The van der Waals surface area contributed by atoms with Gasteiger partial charge >= 0.3 is 0 Å². The van der Waals surface area contributed by atoms with Crippen molar-refractivity contribution in [2.75, 3.05) is 27.4 Å². The van der Waals surface area contributed by atoms with E-state index >= 15 is 0 Å². The standard InChI is InChI=1S/C25H23FN2O6/c1-32-23-13-16-10-11-27(25(29)17-4-3-5-19(12-17)28(30)31)22(21(16)14-24(23)33-2)15-34-20-8-6-18(26)7-9-20/h3-9,12-14,22H,10-11,15H2,1-2H3. The van der Waals surface area contributed by atoms with E-state index in [4.69, 9.17) is 14.2 Å². The zero-order valence-electron chi connectivity index (χ0n) is 18.7. The number of methoxy groups -OCH3 is 2. The van der Waals surface area contributed by atoms with Crippen LogP contribution in [0.2, 0.25) is 0 Å². The summed E-state index contributed by atoms with van der Waals surface area (Å²) in [6.07, 6.45) is 0.559. The van der Waals surface area contributed by atoms with Gasteiger partial charge in [0.15, 0.2) is 11.5 Å². The number of rotatable bonds is 7. The van der Waals surface area contributed by atoms with Crippen molar-refractivity contribution in [2.45, 2.75) is 12.5 Å². The molecule has 1 aliphatic rings. The van der Waals surface area contributed by atoms with Crippen LogP contribution in [-0.2, 0) is 6.42 Å². The lowest BCUT2D eigenvalue weighted by Crippen LogP contribution is -2.42. The Morgan fingerprint density at radius 3 is 2.47 bits per heavy atom. The van der Waals surface area contributed by atoms with Gasteiger partial charge in [0.2, 0.25) is 0 Å². The topological polar surface area (TPSA) is 91.1 Å². The van der Waals surface area contributed by atoms with Gasteiger partial charge in [-0.25, -0.2) is 4.39 Å². The zero-order valence-corrected chi connectivity index (χ0v) is 18.7. The second kappa shape index (κ2) is 9.78. The number of fused-ring (bicyclic) bond motifs is 1. The van der Waals surface area contributed by atoms with Crippen LogP contribution < -0.4 is 14.2 Å². The molecule has 3 aromatic rings. The number of halogens is 1. The zero-order chi connectivity index (χ0) is 24.2. The largest absolute Gasteiger partial charge is 0.493 e. The van der Waals surface area contributed by atoms with Crippen molar-refractivity contribution in [1.29, 1.82) is 0 Å². The van der Waals surface area contributed by atoms with Gasteiger partial charge in [-0.3, -0.25) is 14.9 Å². The Hall–Kier alpha value is -4.14. The molecule has 0 bridgehead atoms. The van der Waals surface area contributed by atoms with Crippen molar-refractivity contribution < 1.29 is 28.3 Å². The van der Waals surface area contributed by atoms with Crippen molar-refractivity contribution in [3.63, 3.8) is 0 Å². The molecule has 0 aromatic heterocycles. The Kier molecular flexibility index (Phi) is 6.62. The summed E-state index contributed by atoms with van der Waals surface area (Å²) in [5, 5.41) is 11.2. The summed E-state index contributed by atoms with van der Waals surface area (Å²) < 4.78 is 30.1. The van der Waals surface area contributed by atoms with Gasteiger partial charge in [0.25, 0.3) is 11.6 Å². The molecule has 0 spiro atoms. The summed E-state index contributed by atoms with van der Waals surface area (Å²) in [7, 11) is 3.09. The highest BCUT2D eigenvalue weighted by atomic mass is 19.1. The van der Waals surface area contributed by atoms with Crippen LogP contribution in [0.4, 0.5) is 10.1 Å². The molecule has 1 aliphatic heterocycles. The molecule has 0 radical (unpaired) electrons. The number of hydrogen-bond acceptors (Lipinski definition) is 6. The summed E-state index contributed by atoms with van der Waals surface area (Å²) in [5.41, 5.74) is 1.86.